The second-order valence-electron chi connectivity index (χ2n) is 8.00. The summed E-state index contributed by atoms with van der Waals surface area (Å²) in [6, 6.07) is 20.3. The molecule has 0 radical (unpaired) electrons. The van der Waals surface area contributed by atoms with Gasteiger partial charge in [0.15, 0.2) is 0 Å². The van der Waals surface area contributed by atoms with Gasteiger partial charge in [0.25, 0.3) is 11.8 Å². The van der Waals surface area contributed by atoms with Crippen molar-refractivity contribution >= 4 is 28.8 Å². The molecule has 0 saturated carbocycles. The van der Waals surface area contributed by atoms with E-state index < -0.39 is 5.91 Å². The SMILES string of the molecule is CCOc1ccc(C2=C(Nc3ccccc3OCC)C(=O)N(c3cc(C)ccc3C)C2=O)cc1. The van der Waals surface area contributed by atoms with Gasteiger partial charge in [0.1, 0.15) is 17.2 Å². The Bertz CT molecular complexity index is 1260. The van der Waals surface area contributed by atoms with E-state index in [0.29, 0.717) is 47.2 Å². The van der Waals surface area contributed by atoms with Gasteiger partial charge in [0, 0.05) is 0 Å². The molecule has 3 aromatic rings. The number of imide groups is 1. The third-order valence-electron chi connectivity index (χ3n) is 5.59. The van der Waals surface area contributed by atoms with Gasteiger partial charge >= 0.3 is 0 Å². The van der Waals surface area contributed by atoms with Crippen molar-refractivity contribution in [2.24, 2.45) is 0 Å². The lowest BCUT2D eigenvalue weighted by molar-refractivity contribution is -0.120. The van der Waals surface area contributed by atoms with Crippen molar-refractivity contribution in [3.05, 3.63) is 89.1 Å². The minimum atomic E-state index is -0.408. The lowest BCUT2D eigenvalue weighted by Crippen LogP contribution is -2.33. The van der Waals surface area contributed by atoms with E-state index >= 15 is 0 Å². The quantitative estimate of drug-likeness (QED) is 0.454. The molecule has 34 heavy (non-hydrogen) atoms. The Labute approximate surface area is 199 Å². The molecule has 0 unspecified atom stereocenters. The maximum Gasteiger partial charge on any atom is 0.282 e. The summed E-state index contributed by atoms with van der Waals surface area (Å²) < 4.78 is 11.3. The van der Waals surface area contributed by atoms with Crippen molar-refractivity contribution in [3.63, 3.8) is 0 Å². The van der Waals surface area contributed by atoms with Crippen LogP contribution in [0.25, 0.3) is 5.57 Å². The monoisotopic (exact) mass is 456 g/mol. The first-order chi connectivity index (χ1) is 16.4. The molecule has 174 valence electrons. The number of aryl methyl sites for hydroxylation is 2. The van der Waals surface area contributed by atoms with Crippen LogP contribution in [0.15, 0.2) is 72.4 Å². The lowest BCUT2D eigenvalue weighted by Gasteiger charge is -2.19. The first-order valence-electron chi connectivity index (χ1n) is 11.4. The summed E-state index contributed by atoms with van der Waals surface area (Å²) >= 11 is 0. The van der Waals surface area contributed by atoms with E-state index in [1.807, 2.05) is 70.2 Å². The maximum atomic E-state index is 13.7. The Morgan fingerprint density at radius 3 is 2.24 bits per heavy atom. The zero-order valence-electron chi connectivity index (χ0n) is 19.8. The number of nitrogens with zero attached hydrogens (tertiary/aromatic N) is 1. The minimum absolute atomic E-state index is 0.210. The van der Waals surface area contributed by atoms with Crippen molar-refractivity contribution in [1.82, 2.24) is 0 Å². The Morgan fingerprint density at radius 1 is 0.824 bits per heavy atom. The summed E-state index contributed by atoms with van der Waals surface area (Å²) in [5, 5.41) is 3.21. The van der Waals surface area contributed by atoms with Crippen LogP contribution in [0.3, 0.4) is 0 Å². The molecule has 6 nitrogen and oxygen atoms in total. The highest BCUT2D eigenvalue weighted by molar-refractivity contribution is 6.46. The van der Waals surface area contributed by atoms with Crippen LogP contribution in [0.5, 0.6) is 11.5 Å². The number of para-hydroxylation sites is 2. The number of nitrogens with one attached hydrogen (secondary N) is 1. The first-order valence-corrected chi connectivity index (χ1v) is 11.4. The van der Waals surface area contributed by atoms with Crippen LogP contribution in [-0.2, 0) is 9.59 Å². The number of anilines is 2. The van der Waals surface area contributed by atoms with E-state index in [-0.39, 0.29) is 11.6 Å². The highest BCUT2D eigenvalue weighted by Gasteiger charge is 2.41. The Morgan fingerprint density at radius 2 is 1.53 bits per heavy atom. The summed E-state index contributed by atoms with van der Waals surface area (Å²) in [6.45, 7) is 8.66. The third kappa shape index (κ3) is 4.39. The van der Waals surface area contributed by atoms with Gasteiger partial charge in [-0.1, -0.05) is 36.4 Å². The van der Waals surface area contributed by atoms with Crippen molar-refractivity contribution in [1.29, 1.82) is 0 Å². The van der Waals surface area contributed by atoms with Crippen LogP contribution < -0.4 is 19.7 Å². The topological polar surface area (TPSA) is 67.9 Å². The number of hydrogen-bond donors (Lipinski definition) is 1. The Balaban J connectivity index is 1.83. The average Bonchev–Trinajstić information content (AvgIpc) is 3.07. The number of carbonyl (C=O) groups excluding carboxylic acids is 2. The van der Waals surface area contributed by atoms with Gasteiger partial charge in [0.05, 0.1) is 30.2 Å². The highest BCUT2D eigenvalue weighted by Crippen LogP contribution is 2.37. The van der Waals surface area contributed by atoms with E-state index in [1.165, 1.54) is 4.90 Å². The largest absolute Gasteiger partial charge is 0.494 e. The molecule has 6 heteroatoms. The van der Waals surface area contributed by atoms with Crippen LogP contribution in [0.2, 0.25) is 0 Å². The van der Waals surface area contributed by atoms with Crippen LogP contribution >= 0.6 is 0 Å². The molecule has 3 aromatic carbocycles. The van der Waals surface area contributed by atoms with E-state index in [1.54, 1.807) is 24.3 Å². The van der Waals surface area contributed by atoms with Gasteiger partial charge in [-0.2, -0.15) is 0 Å². The fourth-order valence-electron chi connectivity index (χ4n) is 3.96. The molecule has 0 spiro atoms. The molecule has 0 fully saturated rings. The summed E-state index contributed by atoms with van der Waals surface area (Å²) in [6.07, 6.45) is 0. The smallest absolute Gasteiger partial charge is 0.282 e. The van der Waals surface area contributed by atoms with E-state index in [2.05, 4.69) is 5.32 Å². The zero-order valence-corrected chi connectivity index (χ0v) is 19.8. The molecular weight excluding hydrogens is 428 g/mol. The van der Waals surface area contributed by atoms with E-state index in [4.69, 9.17) is 9.47 Å². The van der Waals surface area contributed by atoms with Gasteiger partial charge in [0.2, 0.25) is 0 Å². The van der Waals surface area contributed by atoms with Crippen LogP contribution in [0.4, 0.5) is 11.4 Å². The maximum absolute atomic E-state index is 13.7. The molecule has 1 aliphatic heterocycles. The lowest BCUT2D eigenvalue weighted by atomic mass is 10.0. The minimum Gasteiger partial charge on any atom is -0.494 e. The standard InChI is InChI=1S/C28H28N2O4/c1-5-33-21-15-13-20(14-16-21)25-26(29-22-9-7-8-10-24(22)34-6-2)28(32)30(27(25)31)23-17-18(3)11-12-19(23)4/h7-17,29H,5-6H2,1-4H3. The van der Waals surface area contributed by atoms with Crippen LogP contribution in [-0.4, -0.2) is 25.0 Å². The molecule has 0 saturated heterocycles. The predicted molar refractivity (Wildman–Crippen MR) is 134 cm³/mol. The molecule has 1 aliphatic rings. The average molecular weight is 457 g/mol. The van der Waals surface area contributed by atoms with Gasteiger partial charge in [-0.25, -0.2) is 4.90 Å². The summed E-state index contributed by atoms with van der Waals surface area (Å²) in [7, 11) is 0. The third-order valence-corrected chi connectivity index (χ3v) is 5.59. The molecule has 0 aromatic heterocycles. The second kappa shape index (κ2) is 9.83. The second-order valence-corrected chi connectivity index (χ2v) is 8.00. The van der Waals surface area contributed by atoms with E-state index in [0.717, 1.165) is 11.1 Å². The van der Waals surface area contributed by atoms with Crippen LogP contribution in [0, 0.1) is 13.8 Å². The Hall–Kier alpha value is -4.06. The molecule has 0 aliphatic carbocycles. The molecule has 0 atom stereocenters. The molecule has 0 bridgehead atoms. The molecule has 4 rings (SSSR count). The number of hydrogen-bond acceptors (Lipinski definition) is 5. The Kier molecular flexibility index (Phi) is 6.68. The highest BCUT2D eigenvalue weighted by atomic mass is 16.5. The predicted octanol–water partition coefficient (Wildman–Crippen LogP) is 5.50. The normalized spacial score (nSPS) is 13.5. The van der Waals surface area contributed by atoms with Gasteiger partial charge in [-0.3, -0.25) is 9.59 Å². The molecule has 1 heterocycles. The molecule has 2 amide bonds. The number of rotatable bonds is 8. The fraction of sp³-hybridized carbons (Fsp3) is 0.214. The zero-order chi connectivity index (χ0) is 24.2. The first kappa shape index (κ1) is 23.1. The molecular formula is C28H28N2O4. The number of carbonyl (C=O) groups is 2. The summed E-state index contributed by atoms with van der Waals surface area (Å²) in [5.41, 5.74) is 4.15. The van der Waals surface area contributed by atoms with Gasteiger partial charge in [-0.05, 0) is 74.7 Å². The van der Waals surface area contributed by atoms with Crippen molar-refractivity contribution in [2.45, 2.75) is 27.7 Å². The van der Waals surface area contributed by atoms with Crippen molar-refractivity contribution in [2.75, 3.05) is 23.4 Å². The summed E-state index contributed by atoms with van der Waals surface area (Å²) in [4.78, 5) is 28.7. The summed E-state index contributed by atoms with van der Waals surface area (Å²) in [5.74, 6) is 0.522. The number of benzene rings is 3. The molecule has 1 N–H and O–H groups in total. The van der Waals surface area contributed by atoms with Gasteiger partial charge in [-0.15, -0.1) is 0 Å². The van der Waals surface area contributed by atoms with Crippen LogP contribution in [0.1, 0.15) is 30.5 Å². The number of amides is 2. The van der Waals surface area contributed by atoms with E-state index in [9.17, 15) is 9.59 Å². The van der Waals surface area contributed by atoms with Crippen molar-refractivity contribution in [3.8, 4) is 11.5 Å². The van der Waals surface area contributed by atoms with Crippen molar-refractivity contribution < 1.29 is 19.1 Å². The van der Waals surface area contributed by atoms with Gasteiger partial charge < -0.3 is 14.8 Å². The fourth-order valence-corrected chi connectivity index (χ4v) is 3.96. The number of ether oxygens (including phenoxy) is 2.